The molecule has 2 aliphatic carbocycles. The summed E-state index contributed by atoms with van der Waals surface area (Å²) >= 11 is 11.6. The molecule has 27 heavy (non-hydrogen) atoms. The van der Waals surface area contributed by atoms with Crippen LogP contribution >= 0.6 is 23.2 Å². The summed E-state index contributed by atoms with van der Waals surface area (Å²) < 4.78 is 5.91. The highest BCUT2D eigenvalue weighted by Crippen LogP contribution is 2.60. The van der Waals surface area contributed by atoms with E-state index < -0.39 is 0 Å². The van der Waals surface area contributed by atoms with Crippen LogP contribution in [0.15, 0.2) is 53.0 Å². The topological polar surface area (TPSA) is 26.3 Å². The van der Waals surface area contributed by atoms with E-state index in [1.54, 1.807) is 6.08 Å². The first-order valence-corrected chi connectivity index (χ1v) is 10.0. The number of carbonyl (C=O) groups excluding carboxylic acids is 1. The highest BCUT2D eigenvalue weighted by atomic mass is 35.5. The van der Waals surface area contributed by atoms with Gasteiger partial charge in [0.25, 0.3) is 0 Å². The predicted molar refractivity (Wildman–Crippen MR) is 110 cm³/mol. The number of halogens is 2. The Labute approximate surface area is 170 Å². The summed E-state index contributed by atoms with van der Waals surface area (Å²) in [7, 11) is 0. The molecule has 2 aromatic carbocycles. The Morgan fingerprint density at radius 3 is 2.63 bits per heavy atom. The van der Waals surface area contributed by atoms with Gasteiger partial charge in [0.05, 0.1) is 5.92 Å². The fourth-order valence-corrected chi connectivity index (χ4v) is 4.66. The first-order chi connectivity index (χ1) is 12.9. The molecular formula is C23H22Cl2O2. The van der Waals surface area contributed by atoms with Crippen LogP contribution in [-0.2, 0) is 29.0 Å². The highest BCUT2D eigenvalue weighted by molar-refractivity contribution is 6.55. The lowest BCUT2D eigenvalue weighted by Gasteiger charge is -2.22. The van der Waals surface area contributed by atoms with E-state index in [1.165, 1.54) is 22.3 Å². The van der Waals surface area contributed by atoms with Crippen molar-refractivity contribution in [1.29, 1.82) is 0 Å². The molecule has 0 aromatic heterocycles. The molecule has 0 amide bonds. The Morgan fingerprint density at radius 2 is 1.85 bits per heavy atom. The molecule has 0 saturated heterocycles. The molecule has 140 valence electrons. The molecule has 0 bridgehead atoms. The average Bonchev–Trinajstić information content (AvgIpc) is 3.18. The van der Waals surface area contributed by atoms with E-state index in [0.29, 0.717) is 6.61 Å². The SMILES string of the molecule is CC1(C)[C@H](C=C(Cl)Cl)[C@@H]1C(=O)OCc1cccc2c1CCc1ccccc1-2. The van der Waals surface area contributed by atoms with Crippen molar-refractivity contribution in [2.75, 3.05) is 0 Å². The van der Waals surface area contributed by atoms with Crippen LogP contribution in [0.5, 0.6) is 0 Å². The molecule has 1 fully saturated rings. The van der Waals surface area contributed by atoms with Gasteiger partial charge in [0.1, 0.15) is 11.1 Å². The van der Waals surface area contributed by atoms with Crippen molar-refractivity contribution in [2.45, 2.75) is 33.3 Å². The normalized spacial score (nSPS) is 21.6. The van der Waals surface area contributed by atoms with Crippen LogP contribution in [0.25, 0.3) is 11.1 Å². The van der Waals surface area contributed by atoms with E-state index in [9.17, 15) is 4.79 Å². The minimum absolute atomic E-state index is 0.0339. The molecule has 0 unspecified atom stereocenters. The second-order valence-corrected chi connectivity index (χ2v) is 9.00. The summed E-state index contributed by atoms with van der Waals surface area (Å²) in [5, 5.41) is 0. The summed E-state index contributed by atoms with van der Waals surface area (Å²) in [5.41, 5.74) is 6.15. The van der Waals surface area contributed by atoms with Gasteiger partial charge in [-0.2, -0.15) is 0 Å². The number of benzene rings is 2. The molecule has 0 aliphatic heterocycles. The number of aryl methyl sites for hydroxylation is 1. The van der Waals surface area contributed by atoms with Gasteiger partial charge >= 0.3 is 5.97 Å². The minimum atomic E-state index is -0.190. The number of hydrogen-bond donors (Lipinski definition) is 0. The standard InChI is InChI=1S/C23H22Cl2O2/c1-23(2)19(12-20(24)25)21(23)22(26)27-13-15-7-5-9-18-16-8-4-3-6-14(16)10-11-17(15)18/h3-9,12,19,21H,10-11,13H2,1-2H3/t19-,21-/m1/s1. The average molecular weight is 401 g/mol. The van der Waals surface area contributed by atoms with Crippen molar-refractivity contribution >= 4 is 29.2 Å². The van der Waals surface area contributed by atoms with Gasteiger partial charge in [0.2, 0.25) is 0 Å². The molecule has 2 nitrogen and oxygen atoms in total. The quantitative estimate of drug-likeness (QED) is 0.580. The zero-order valence-electron chi connectivity index (χ0n) is 15.5. The highest BCUT2D eigenvalue weighted by Gasteiger charge is 2.61. The van der Waals surface area contributed by atoms with Gasteiger partial charge in [-0.3, -0.25) is 4.79 Å². The Hall–Kier alpha value is -1.77. The van der Waals surface area contributed by atoms with Crippen molar-refractivity contribution in [1.82, 2.24) is 0 Å². The molecular weight excluding hydrogens is 379 g/mol. The molecule has 1 saturated carbocycles. The van der Waals surface area contributed by atoms with Gasteiger partial charge in [-0.15, -0.1) is 0 Å². The fraction of sp³-hybridized carbons (Fsp3) is 0.348. The van der Waals surface area contributed by atoms with Crippen LogP contribution in [0.1, 0.15) is 30.5 Å². The van der Waals surface area contributed by atoms with Gasteiger partial charge in [-0.1, -0.05) is 79.5 Å². The molecule has 2 aromatic rings. The summed E-state index contributed by atoms with van der Waals surface area (Å²) in [5.74, 6) is -0.332. The van der Waals surface area contributed by atoms with Gasteiger partial charge < -0.3 is 4.74 Å². The largest absolute Gasteiger partial charge is 0.461 e. The monoisotopic (exact) mass is 400 g/mol. The van der Waals surface area contributed by atoms with E-state index in [4.69, 9.17) is 27.9 Å². The zero-order chi connectivity index (χ0) is 19.2. The zero-order valence-corrected chi connectivity index (χ0v) is 17.0. The smallest absolute Gasteiger partial charge is 0.310 e. The molecule has 2 aliphatic rings. The Balaban J connectivity index is 1.51. The third-order valence-corrected chi connectivity index (χ3v) is 6.32. The maximum atomic E-state index is 12.6. The minimum Gasteiger partial charge on any atom is -0.461 e. The molecule has 0 N–H and O–H groups in total. The number of fused-ring (bicyclic) bond motifs is 3. The fourth-order valence-electron chi connectivity index (χ4n) is 4.39. The summed E-state index contributed by atoms with van der Waals surface area (Å²) in [4.78, 5) is 12.6. The number of carbonyl (C=O) groups is 1. The van der Waals surface area contributed by atoms with E-state index in [2.05, 4.69) is 36.4 Å². The van der Waals surface area contributed by atoms with E-state index >= 15 is 0 Å². The first-order valence-electron chi connectivity index (χ1n) is 9.28. The molecule has 4 rings (SSSR count). The second-order valence-electron chi connectivity index (χ2n) is 7.99. The Bertz CT molecular complexity index is 926. The van der Waals surface area contributed by atoms with Crippen molar-refractivity contribution in [3.63, 3.8) is 0 Å². The Kier molecular flexibility index (Phi) is 4.82. The van der Waals surface area contributed by atoms with Gasteiger partial charge in [-0.05, 0) is 58.1 Å². The number of esters is 1. The maximum Gasteiger partial charge on any atom is 0.310 e. The molecule has 4 heteroatoms. The third-order valence-electron chi connectivity index (χ3n) is 6.07. The van der Waals surface area contributed by atoms with Crippen LogP contribution in [0.3, 0.4) is 0 Å². The van der Waals surface area contributed by atoms with Crippen molar-refractivity contribution in [3.8, 4) is 11.1 Å². The summed E-state index contributed by atoms with van der Waals surface area (Å²) in [6, 6.07) is 14.8. The van der Waals surface area contributed by atoms with Gasteiger partial charge in [0.15, 0.2) is 0 Å². The van der Waals surface area contributed by atoms with E-state index in [0.717, 1.165) is 18.4 Å². The second kappa shape index (κ2) is 7.00. The first kappa shape index (κ1) is 18.6. The lowest BCUT2D eigenvalue weighted by molar-refractivity contribution is -0.147. The molecule has 2 atom stereocenters. The van der Waals surface area contributed by atoms with Crippen LogP contribution < -0.4 is 0 Å². The summed E-state index contributed by atoms with van der Waals surface area (Å²) in [6.45, 7) is 4.39. The number of hydrogen-bond acceptors (Lipinski definition) is 2. The van der Waals surface area contributed by atoms with Gasteiger partial charge in [-0.25, -0.2) is 0 Å². The van der Waals surface area contributed by atoms with E-state index in [-0.39, 0.29) is 27.7 Å². The Morgan fingerprint density at radius 1 is 1.11 bits per heavy atom. The van der Waals surface area contributed by atoms with Crippen molar-refractivity contribution < 1.29 is 9.53 Å². The van der Waals surface area contributed by atoms with Crippen LogP contribution in [-0.4, -0.2) is 5.97 Å². The van der Waals surface area contributed by atoms with Crippen LogP contribution in [0, 0.1) is 17.3 Å². The predicted octanol–water partition coefficient (Wildman–Crippen LogP) is 6.09. The lowest BCUT2D eigenvalue weighted by Crippen LogP contribution is -2.13. The van der Waals surface area contributed by atoms with Gasteiger partial charge in [0, 0.05) is 0 Å². The molecule has 0 radical (unpaired) electrons. The number of rotatable bonds is 4. The number of allylic oxidation sites excluding steroid dienone is 1. The summed E-state index contributed by atoms with van der Waals surface area (Å²) in [6.07, 6.45) is 3.74. The molecule has 0 heterocycles. The van der Waals surface area contributed by atoms with E-state index in [1.807, 2.05) is 19.9 Å². The number of ether oxygens (including phenoxy) is 1. The third kappa shape index (κ3) is 3.41. The van der Waals surface area contributed by atoms with Crippen molar-refractivity contribution in [2.24, 2.45) is 17.3 Å². The van der Waals surface area contributed by atoms with Crippen LogP contribution in [0.4, 0.5) is 0 Å². The lowest BCUT2D eigenvalue weighted by atomic mass is 9.83. The molecule has 0 spiro atoms. The van der Waals surface area contributed by atoms with Crippen molar-refractivity contribution in [3.05, 3.63) is 69.7 Å². The van der Waals surface area contributed by atoms with Crippen LogP contribution in [0.2, 0.25) is 0 Å². The maximum absolute atomic E-state index is 12.6.